The number of benzene rings is 1. The van der Waals surface area contributed by atoms with Gasteiger partial charge in [0.15, 0.2) is 0 Å². The summed E-state index contributed by atoms with van der Waals surface area (Å²) in [4.78, 5) is 19.8. The summed E-state index contributed by atoms with van der Waals surface area (Å²) in [7, 11) is 1.67. The van der Waals surface area contributed by atoms with Crippen molar-refractivity contribution in [1.82, 2.24) is 14.7 Å². The second kappa shape index (κ2) is 7.64. The van der Waals surface area contributed by atoms with E-state index in [1.54, 1.807) is 17.6 Å². The number of anilines is 1. The van der Waals surface area contributed by atoms with Crippen LogP contribution in [0.4, 0.5) is 5.69 Å². The van der Waals surface area contributed by atoms with Crippen LogP contribution >= 0.6 is 0 Å². The molecule has 1 aliphatic rings. The number of hydrogen-bond donors (Lipinski definition) is 1. The Bertz CT molecular complexity index is 1060. The Hall–Kier alpha value is -2.86. The standard InChI is InChI=1S/C22H26N4O2/c1-4-16-5-6-17(11-20(16)28-3)19-12-22(27)26-14-18(7-8-21(26)24-19)25-10-9-23-15(2)13-25/h5-8,11-12,14-15,23H,4,9-10,13H2,1-3H3/t15-/m0/s1. The van der Waals surface area contributed by atoms with E-state index in [1.807, 2.05) is 36.5 Å². The third kappa shape index (κ3) is 3.47. The van der Waals surface area contributed by atoms with Crippen LogP contribution in [0.3, 0.4) is 0 Å². The molecule has 0 aliphatic carbocycles. The minimum Gasteiger partial charge on any atom is -0.496 e. The average molecular weight is 378 g/mol. The van der Waals surface area contributed by atoms with Crippen molar-refractivity contribution in [2.75, 3.05) is 31.6 Å². The second-order valence-corrected chi connectivity index (χ2v) is 7.28. The van der Waals surface area contributed by atoms with Crippen LogP contribution in [0.15, 0.2) is 47.4 Å². The van der Waals surface area contributed by atoms with E-state index in [4.69, 9.17) is 9.72 Å². The van der Waals surface area contributed by atoms with Gasteiger partial charge in [-0.3, -0.25) is 9.20 Å². The zero-order chi connectivity index (χ0) is 19.7. The molecular weight excluding hydrogens is 352 g/mol. The van der Waals surface area contributed by atoms with Gasteiger partial charge >= 0.3 is 0 Å². The molecule has 4 rings (SSSR count). The summed E-state index contributed by atoms with van der Waals surface area (Å²) in [6, 6.07) is 12.0. The first kappa shape index (κ1) is 18.5. The maximum Gasteiger partial charge on any atom is 0.258 e. The molecule has 1 saturated heterocycles. The molecule has 0 unspecified atom stereocenters. The van der Waals surface area contributed by atoms with Crippen molar-refractivity contribution in [3.63, 3.8) is 0 Å². The molecule has 0 spiro atoms. The minimum absolute atomic E-state index is 0.0800. The van der Waals surface area contributed by atoms with Gasteiger partial charge in [0.1, 0.15) is 11.4 Å². The third-order valence-corrected chi connectivity index (χ3v) is 5.34. The number of methoxy groups -OCH3 is 1. The van der Waals surface area contributed by atoms with Gasteiger partial charge in [0.2, 0.25) is 0 Å². The van der Waals surface area contributed by atoms with Gasteiger partial charge in [-0.1, -0.05) is 19.1 Å². The molecule has 6 heteroatoms. The quantitative estimate of drug-likeness (QED) is 0.757. The second-order valence-electron chi connectivity index (χ2n) is 7.28. The number of piperazine rings is 1. The summed E-state index contributed by atoms with van der Waals surface area (Å²) in [5, 5.41) is 3.44. The number of rotatable bonds is 4. The summed E-state index contributed by atoms with van der Waals surface area (Å²) in [5.74, 6) is 0.824. The van der Waals surface area contributed by atoms with E-state index in [1.165, 1.54) is 0 Å². The molecule has 1 fully saturated rings. The van der Waals surface area contributed by atoms with Gasteiger partial charge in [-0.05, 0) is 37.1 Å². The van der Waals surface area contributed by atoms with Gasteiger partial charge < -0.3 is 15.0 Å². The van der Waals surface area contributed by atoms with Crippen LogP contribution in [0.2, 0.25) is 0 Å². The van der Waals surface area contributed by atoms with Gasteiger partial charge in [-0.25, -0.2) is 4.98 Å². The molecule has 146 valence electrons. The Labute approximate surface area is 164 Å². The Morgan fingerprint density at radius 3 is 2.86 bits per heavy atom. The van der Waals surface area contributed by atoms with Gasteiger partial charge in [-0.15, -0.1) is 0 Å². The van der Waals surface area contributed by atoms with Crippen LogP contribution in [-0.4, -0.2) is 42.2 Å². The Balaban J connectivity index is 1.73. The number of nitrogens with zero attached hydrogens (tertiary/aromatic N) is 3. The van der Waals surface area contributed by atoms with E-state index in [2.05, 4.69) is 24.1 Å². The molecule has 0 radical (unpaired) electrons. The topological polar surface area (TPSA) is 58.9 Å². The van der Waals surface area contributed by atoms with E-state index in [0.717, 1.165) is 48.6 Å². The predicted octanol–water partition coefficient (Wildman–Crippen LogP) is 2.73. The monoisotopic (exact) mass is 378 g/mol. The van der Waals surface area contributed by atoms with Crippen molar-refractivity contribution in [1.29, 1.82) is 0 Å². The summed E-state index contributed by atoms with van der Waals surface area (Å²) >= 11 is 0. The molecule has 1 atom stereocenters. The number of nitrogens with one attached hydrogen (secondary N) is 1. The zero-order valence-corrected chi connectivity index (χ0v) is 16.6. The average Bonchev–Trinajstić information content (AvgIpc) is 2.73. The predicted molar refractivity (Wildman–Crippen MR) is 113 cm³/mol. The first-order valence-corrected chi connectivity index (χ1v) is 9.78. The van der Waals surface area contributed by atoms with E-state index in [-0.39, 0.29) is 5.56 Å². The van der Waals surface area contributed by atoms with Crippen LogP contribution in [0.25, 0.3) is 16.9 Å². The van der Waals surface area contributed by atoms with Crippen LogP contribution in [0.5, 0.6) is 5.75 Å². The Morgan fingerprint density at radius 2 is 2.11 bits per heavy atom. The van der Waals surface area contributed by atoms with Crippen molar-refractivity contribution < 1.29 is 4.74 Å². The molecule has 1 aromatic carbocycles. The van der Waals surface area contributed by atoms with Gasteiger partial charge in [0.25, 0.3) is 5.56 Å². The minimum atomic E-state index is -0.0800. The largest absolute Gasteiger partial charge is 0.496 e. The van der Waals surface area contributed by atoms with Crippen molar-refractivity contribution >= 4 is 11.3 Å². The van der Waals surface area contributed by atoms with E-state index in [9.17, 15) is 4.79 Å². The van der Waals surface area contributed by atoms with Crippen molar-refractivity contribution in [3.05, 3.63) is 58.5 Å². The molecular formula is C22H26N4O2. The number of fused-ring (bicyclic) bond motifs is 1. The summed E-state index contributed by atoms with van der Waals surface area (Å²) in [5.41, 5.74) is 4.30. The molecule has 0 saturated carbocycles. The van der Waals surface area contributed by atoms with Crippen molar-refractivity contribution in [3.8, 4) is 17.0 Å². The van der Waals surface area contributed by atoms with E-state index in [0.29, 0.717) is 17.4 Å². The van der Waals surface area contributed by atoms with Crippen LogP contribution in [0, 0.1) is 0 Å². The van der Waals surface area contributed by atoms with Crippen molar-refractivity contribution in [2.24, 2.45) is 0 Å². The summed E-state index contributed by atoms with van der Waals surface area (Å²) in [6.07, 6.45) is 2.79. The first-order chi connectivity index (χ1) is 13.6. The fraction of sp³-hybridized carbons (Fsp3) is 0.364. The molecule has 6 nitrogen and oxygen atoms in total. The first-order valence-electron chi connectivity index (χ1n) is 9.78. The molecule has 3 heterocycles. The molecule has 0 bridgehead atoms. The fourth-order valence-corrected chi connectivity index (χ4v) is 3.79. The lowest BCUT2D eigenvalue weighted by molar-refractivity contribution is 0.410. The van der Waals surface area contributed by atoms with Gasteiger partial charge in [-0.2, -0.15) is 0 Å². The van der Waals surface area contributed by atoms with Crippen molar-refractivity contribution in [2.45, 2.75) is 26.3 Å². The van der Waals surface area contributed by atoms with E-state index >= 15 is 0 Å². The Kier molecular flexibility index (Phi) is 5.05. The van der Waals surface area contributed by atoms with Crippen LogP contribution in [-0.2, 0) is 6.42 Å². The smallest absolute Gasteiger partial charge is 0.258 e. The number of pyridine rings is 1. The van der Waals surface area contributed by atoms with Gasteiger partial charge in [0.05, 0.1) is 18.5 Å². The lowest BCUT2D eigenvalue weighted by atomic mass is 10.1. The van der Waals surface area contributed by atoms with E-state index < -0.39 is 0 Å². The fourth-order valence-electron chi connectivity index (χ4n) is 3.79. The lowest BCUT2D eigenvalue weighted by Gasteiger charge is -2.33. The molecule has 2 aromatic heterocycles. The lowest BCUT2D eigenvalue weighted by Crippen LogP contribution is -2.49. The number of hydrogen-bond acceptors (Lipinski definition) is 5. The zero-order valence-electron chi connectivity index (χ0n) is 16.6. The highest BCUT2D eigenvalue weighted by Gasteiger charge is 2.17. The highest BCUT2D eigenvalue weighted by molar-refractivity contribution is 5.65. The molecule has 1 N–H and O–H groups in total. The SMILES string of the molecule is CCc1ccc(-c2cc(=O)n3cc(N4CCN[C@@H](C)C4)ccc3n2)cc1OC. The number of ether oxygens (including phenoxy) is 1. The van der Waals surface area contributed by atoms with Gasteiger partial charge in [0, 0.05) is 43.5 Å². The highest BCUT2D eigenvalue weighted by Crippen LogP contribution is 2.26. The maximum atomic E-state index is 12.8. The maximum absolute atomic E-state index is 12.8. The highest BCUT2D eigenvalue weighted by atomic mass is 16.5. The molecule has 0 amide bonds. The molecule has 28 heavy (non-hydrogen) atoms. The normalized spacial score (nSPS) is 17.1. The molecule has 1 aliphatic heterocycles. The summed E-state index contributed by atoms with van der Waals surface area (Å²) < 4.78 is 7.11. The third-order valence-electron chi connectivity index (χ3n) is 5.34. The van der Waals surface area contributed by atoms with Crippen LogP contribution < -0.4 is 20.5 Å². The van der Waals surface area contributed by atoms with Crippen LogP contribution in [0.1, 0.15) is 19.4 Å². The Morgan fingerprint density at radius 1 is 1.25 bits per heavy atom. The summed E-state index contributed by atoms with van der Waals surface area (Å²) in [6.45, 7) is 7.07. The number of aryl methyl sites for hydroxylation is 1. The molecule has 3 aromatic rings. The number of aromatic nitrogens is 2.